The Morgan fingerprint density at radius 2 is 1.74 bits per heavy atom. The van der Waals surface area contributed by atoms with Crippen molar-refractivity contribution in [2.75, 3.05) is 18.5 Å². The van der Waals surface area contributed by atoms with Crippen LogP contribution in [0.15, 0.2) is 48.5 Å². The summed E-state index contributed by atoms with van der Waals surface area (Å²) in [6.07, 6.45) is 1.04. The maximum absolute atomic E-state index is 9.13. The van der Waals surface area contributed by atoms with Crippen LogP contribution in [0.1, 0.15) is 16.7 Å². The van der Waals surface area contributed by atoms with Crippen LogP contribution in [0.3, 0.4) is 0 Å². The maximum atomic E-state index is 9.13. The van der Waals surface area contributed by atoms with Crippen LogP contribution in [-0.4, -0.2) is 18.7 Å². The summed E-state index contributed by atoms with van der Waals surface area (Å²) < 4.78 is 0. The summed E-state index contributed by atoms with van der Waals surface area (Å²) >= 11 is 0. The van der Waals surface area contributed by atoms with Gasteiger partial charge in [0.2, 0.25) is 0 Å². The van der Waals surface area contributed by atoms with Crippen molar-refractivity contribution in [1.82, 2.24) is 0 Å². The van der Waals surface area contributed by atoms with Gasteiger partial charge in [-0.3, -0.25) is 0 Å². The fourth-order valence-corrected chi connectivity index (χ4v) is 2.31. The number of benzene rings is 2. The van der Waals surface area contributed by atoms with Crippen LogP contribution in [0, 0.1) is 6.92 Å². The summed E-state index contributed by atoms with van der Waals surface area (Å²) in [5.41, 5.74) is 4.77. The molecule has 0 spiro atoms. The number of hydrogen-bond donors (Lipinski definition) is 1. The highest BCUT2D eigenvalue weighted by molar-refractivity contribution is 5.54. The molecule has 2 nitrogen and oxygen atoms in total. The molecule has 0 aromatic heterocycles. The molecular formula is C17H21NO. The normalized spacial score (nSPS) is 10.5. The van der Waals surface area contributed by atoms with Crippen LogP contribution in [0.2, 0.25) is 0 Å². The average molecular weight is 255 g/mol. The molecule has 0 heterocycles. The van der Waals surface area contributed by atoms with E-state index in [9.17, 15) is 0 Å². The van der Waals surface area contributed by atoms with Crippen molar-refractivity contribution in [3.63, 3.8) is 0 Å². The van der Waals surface area contributed by atoms with Gasteiger partial charge in [0.25, 0.3) is 0 Å². The van der Waals surface area contributed by atoms with Gasteiger partial charge >= 0.3 is 0 Å². The van der Waals surface area contributed by atoms with E-state index in [0.717, 1.165) is 18.5 Å². The first kappa shape index (κ1) is 13.6. The zero-order chi connectivity index (χ0) is 13.7. The molecule has 2 aromatic carbocycles. The summed E-state index contributed by atoms with van der Waals surface area (Å²) in [7, 11) is 2.11. The second-order valence-electron chi connectivity index (χ2n) is 4.94. The molecule has 2 heteroatoms. The molecule has 2 rings (SSSR count). The molecule has 0 atom stereocenters. The van der Waals surface area contributed by atoms with Gasteiger partial charge in [-0.25, -0.2) is 0 Å². The smallest absolute Gasteiger partial charge is 0.0681 e. The van der Waals surface area contributed by atoms with Crippen LogP contribution in [0.25, 0.3) is 0 Å². The van der Waals surface area contributed by atoms with Crippen LogP contribution in [0.5, 0.6) is 0 Å². The third-order valence-electron chi connectivity index (χ3n) is 3.43. The first-order valence-electron chi connectivity index (χ1n) is 6.66. The number of hydrogen-bond acceptors (Lipinski definition) is 2. The number of aliphatic hydroxyl groups is 1. The molecule has 0 aliphatic heterocycles. The fraction of sp³-hybridized carbons (Fsp3) is 0.294. The van der Waals surface area contributed by atoms with E-state index < -0.39 is 0 Å². The monoisotopic (exact) mass is 255 g/mol. The minimum Gasteiger partial charge on any atom is -0.392 e. The maximum Gasteiger partial charge on any atom is 0.0681 e. The fourth-order valence-electron chi connectivity index (χ4n) is 2.31. The first-order chi connectivity index (χ1) is 9.20. The minimum atomic E-state index is 0.106. The van der Waals surface area contributed by atoms with E-state index in [-0.39, 0.29) is 6.61 Å². The Hall–Kier alpha value is -1.80. The quantitative estimate of drug-likeness (QED) is 0.887. The lowest BCUT2D eigenvalue weighted by Crippen LogP contribution is -2.21. The van der Waals surface area contributed by atoms with Crippen LogP contribution in [0.4, 0.5) is 5.69 Å². The lowest BCUT2D eigenvalue weighted by atomic mass is 10.1. The van der Waals surface area contributed by atoms with Crippen molar-refractivity contribution in [2.45, 2.75) is 20.0 Å². The molecule has 19 heavy (non-hydrogen) atoms. The molecule has 1 N–H and O–H groups in total. The molecule has 0 unspecified atom stereocenters. The van der Waals surface area contributed by atoms with Gasteiger partial charge in [-0.2, -0.15) is 0 Å². The zero-order valence-corrected chi connectivity index (χ0v) is 11.6. The van der Waals surface area contributed by atoms with Crippen LogP contribution in [-0.2, 0) is 13.0 Å². The second kappa shape index (κ2) is 6.39. The Morgan fingerprint density at radius 3 is 2.37 bits per heavy atom. The molecule has 0 saturated carbocycles. The highest BCUT2D eigenvalue weighted by atomic mass is 16.3. The molecular weight excluding hydrogens is 234 g/mol. The predicted molar refractivity (Wildman–Crippen MR) is 80.5 cm³/mol. The molecule has 100 valence electrons. The van der Waals surface area contributed by atoms with Crippen molar-refractivity contribution in [1.29, 1.82) is 0 Å². The van der Waals surface area contributed by atoms with Crippen LogP contribution >= 0.6 is 0 Å². The largest absolute Gasteiger partial charge is 0.392 e. The third-order valence-corrected chi connectivity index (χ3v) is 3.43. The molecule has 0 aliphatic rings. The SMILES string of the molecule is Cc1cc(CO)ccc1N(C)CCc1ccccc1. The molecule has 0 amide bonds. The van der Waals surface area contributed by atoms with Crippen molar-refractivity contribution in [3.8, 4) is 0 Å². The Kier molecular flexibility index (Phi) is 4.58. The van der Waals surface area contributed by atoms with E-state index in [1.54, 1.807) is 0 Å². The van der Waals surface area contributed by atoms with E-state index in [1.165, 1.54) is 16.8 Å². The van der Waals surface area contributed by atoms with Crippen molar-refractivity contribution >= 4 is 5.69 Å². The average Bonchev–Trinajstić information content (AvgIpc) is 2.45. The first-order valence-corrected chi connectivity index (χ1v) is 6.66. The third kappa shape index (κ3) is 3.58. The van der Waals surface area contributed by atoms with E-state index in [1.807, 2.05) is 18.2 Å². The van der Waals surface area contributed by atoms with E-state index in [0.29, 0.717) is 0 Å². The molecule has 2 aromatic rings. The molecule has 0 saturated heterocycles. The Morgan fingerprint density at radius 1 is 1.00 bits per heavy atom. The van der Waals surface area contributed by atoms with Gasteiger partial charge in [-0.1, -0.05) is 42.5 Å². The van der Waals surface area contributed by atoms with Crippen molar-refractivity contribution in [3.05, 3.63) is 65.2 Å². The van der Waals surface area contributed by atoms with Gasteiger partial charge in [-0.15, -0.1) is 0 Å². The van der Waals surface area contributed by atoms with E-state index in [4.69, 9.17) is 5.11 Å². The van der Waals surface area contributed by atoms with Crippen molar-refractivity contribution in [2.24, 2.45) is 0 Å². The number of aryl methyl sites for hydroxylation is 1. The molecule has 0 fully saturated rings. The van der Waals surface area contributed by atoms with Crippen molar-refractivity contribution < 1.29 is 5.11 Å². The summed E-state index contributed by atoms with van der Waals surface area (Å²) in [5.74, 6) is 0. The summed E-state index contributed by atoms with van der Waals surface area (Å²) in [4.78, 5) is 2.27. The van der Waals surface area contributed by atoms with E-state index in [2.05, 4.69) is 49.2 Å². The highest BCUT2D eigenvalue weighted by Crippen LogP contribution is 2.20. The summed E-state index contributed by atoms with van der Waals surface area (Å²) in [6, 6.07) is 16.7. The van der Waals surface area contributed by atoms with Gasteiger partial charge < -0.3 is 10.0 Å². The van der Waals surface area contributed by atoms with E-state index >= 15 is 0 Å². The van der Waals surface area contributed by atoms with Gasteiger partial charge in [0.15, 0.2) is 0 Å². The topological polar surface area (TPSA) is 23.5 Å². The number of nitrogens with zero attached hydrogens (tertiary/aromatic N) is 1. The lowest BCUT2D eigenvalue weighted by Gasteiger charge is -2.22. The minimum absolute atomic E-state index is 0.106. The summed E-state index contributed by atoms with van der Waals surface area (Å²) in [6.45, 7) is 3.19. The zero-order valence-electron chi connectivity index (χ0n) is 11.6. The predicted octanol–water partition coefficient (Wildman–Crippen LogP) is 3.17. The summed E-state index contributed by atoms with van der Waals surface area (Å²) in [5, 5.41) is 9.13. The number of anilines is 1. The second-order valence-corrected chi connectivity index (χ2v) is 4.94. The highest BCUT2D eigenvalue weighted by Gasteiger charge is 2.05. The van der Waals surface area contributed by atoms with Gasteiger partial charge in [0.05, 0.1) is 6.61 Å². The number of aliphatic hydroxyl groups excluding tert-OH is 1. The Bertz CT molecular complexity index is 522. The number of likely N-dealkylation sites (N-methyl/N-ethyl adjacent to an activating group) is 1. The number of rotatable bonds is 5. The molecule has 0 bridgehead atoms. The Labute approximate surface area is 115 Å². The van der Waals surface area contributed by atoms with Crippen LogP contribution < -0.4 is 4.90 Å². The van der Waals surface area contributed by atoms with Gasteiger partial charge in [-0.05, 0) is 36.1 Å². The standard InChI is InChI=1S/C17H21NO/c1-14-12-16(13-19)8-9-17(14)18(2)11-10-15-6-4-3-5-7-15/h3-9,12,19H,10-11,13H2,1-2H3. The van der Waals surface area contributed by atoms with Gasteiger partial charge in [0, 0.05) is 19.3 Å². The molecule has 0 radical (unpaired) electrons. The van der Waals surface area contributed by atoms with Gasteiger partial charge in [0.1, 0.15) is 0 Å². The Balaban J connectivity index is 2.02. The molecule has 0 aliphatic carbocycles. The lowest BCUT2D eigenvalue weighted by molar-refractivity contribution is 0.282.